The molecule has 128 valence electrons. The topological polar surface area (TPSA) is 109 Å². The van der Waals surface area contributed by atoms with Gasteiger partial charge in [0.1, 0.15) is 5.76 Å². The first-order valence-electron chi connectivity index (χ1n) is 7.58. The zero-order chi connectivity index (χ0) is 17.4. The van der Waals surface area contributed by atoms with E-state index in [0.29, 0.717) is 13.1 Å². The molecule has 0 radical (unpaired) electrons. The third kappa shape index (κ3) is 5.40. The molecule has 0 spiro atoms. The lowest BCUT2D eigenvalue weighted by molar-refractivity contribution is -0.384. The summed E-state index contributed by atoms with van der Waals surface area (Å²) in [5, 5.41) is 19.5. The molecule has 1 atom stereocenters. The van der Waals surface area contributed by atoms with Crippen molar-refractivity contribution in [3.05, 3.63) is 58.5 Å². The van der Waals surface area contributed by atoms with Crippen LogP contribution in [0.3, 0.4) is 0 Å². The van der Waals surface area contributed by atoms with Gasteiger partial charge in [-0.25, -0.2) is 0 Å². The maximum atomic E-state index is 11.7. The number of carbonyl (C=O) groups is 1. The Morgan fingerprint density at radius 1 is 1.25 bits per heavy atom. The monoisotopic (exact) mass is 332 g/mol. The number of furan rings is 1. The highest BCUT2D eigenvalue weighted by molar-refractivity contribution is 5.78. The van der Waals surface area contributed by atoms with Gasteiger partial charge in [-0.05, 0) is 31.2 Å². The van der Waals surface area contributed by atoms with E-state index in [1.54, 1.807) is 24.5 Å². The van der Waals surface area contributed by atoms with Crippen LogP contribution < -0.4 is 16.0 Å². The van der Waals surface area contributed by atoms with Crippen LogP contribution in [0.25, 0.3) is 0 Å². The van der Waals surface area contributed by atoms with Crippen molar-refractivity contribution in [2.45, 2.75) is 13.0 Å². The van der Waals surface area contributed by atoms with E-state index in [9.17, 15) is 14.9 Å². The first-order chi connectivity index (χ1) is 11.6. The van der Waals surface area contributed by atoms with Crippen LogP contribution in [0, 0.1) is 10.1 Å². The average molecular weight is 332 g/mol. The van der Waals surface area contributed by atoms with Crippen LogP contribution in [0.1, 0.15) is 18.7 Å². The normalized spacial score (nSPS) is 11.7. The number of hydrogen-bond donors (Lipinski definition) is 3. The minimum Gasteiger partial charge on any atom is -0.468 e. The van der Waals surface area contributed by atoms with Crippen LogP contribution >= 0.6 is 0 Å². The molecule has 1 amide bonds. The number of anilines is 1. The molecule has 8 nitrogen and oxygen atoms in total. The summed E-state index contributed by atoms with van der Waals surface area (Å²) in [5.74, 6) is 0.668. The van der Waals surface area contributed by atoms with E-state index in [4.69, 9.17) is 4.42 Å². The molecule has 0 aliphatic rings. The second-order valence-corrected chi connectivity index (χ2v) is 5.20. The number of benzene rings is 1. The molecule has 0 unspecified atom stereocenters. The lowest BCUT2D eigenvalue weighted by Crippen LogP contribution is -2.37. The number of amides is 1. The van der Waals surface area contributed by atoms with Crippen molar-refractivity contribution < 1.29 is 14.1 Å². The molecule has 1 heterocycles. The molecule has 1 aromatic heterocycles. The third-order valence-corrected chi connectivity index (χ3v) is 3.39. The number of non-ortho nitro benzene ring substituents is 1. The second kappa shape index (κ2) is 8.68. The Morgan fingerprint density at radius 2 is 2.00 bits per heavy atom. The first kappa shape index (κ1) is 17.5. The van der Waals surface area contributed by atoms with Crippen LogP contribution in [0.15, 0.2) is 47.1 Å². The van der Waals surface area contributed by atoms with Crippen LogP contribution in [-0.4, -0.2) is 30.5 Å². The van der Waals surface area contributed by atoms with Crippen molar-refractivity contribution in [2.75, 3.05) is 25.0 Å². The molecule has 0 bridgehead atoms. The van der Waals surface area contributed by atoms with Gasteiger partial charge in [0, 0.05) is 30.9 Å². The molecular weight excluding hydrogens is 312 g/mol. The van der Waals surface area contributed by atoms with Gasteiger partial charge in [0.2, 0.25) is 5.91 Å². The number of nitrogens with one attached hydrogen (secondary N) is 3. The van der Waals surface area contributed by atoms with Gasteiger partial charge in [-0.2, -0.15) is 0 Å². The van der Waals surface area contributed by atoms with E-state index in [2.05, 4.69) is 16.0 Å². The van der Waals surface area contributed by atoms with Gasteiger partial charge in [-0.1, -0.05) is 0 Å². The number of nitro benzene ring substituents is 1. The average Bonchev–Trinajstić information content (AvgIpc) is 3.11. The molecule has 0 aliphatic heterocycles. The van der Waals surface area contributed by atoms with Gasteiger partial charge in [0.05, 0.1) is 23.8 Å². The zero-order valence-corrected chi connectivity index (χ0v) is 13.3. The molecule has 2 rings (SSSR count). The molecule has 24 heavy (non-hydrogen) atoms. The van der Waals surface area contributed by atoms with E-state index in [1.165, 1.54) is 12.1 Å². The molecule has 0 saturated carbocycles. The summed E-state index contributed by atoms with van der Waals surface area (Å²) in [6, 6.07) is 9.74. The van der Waals surface area contributed by atoms with Crippen LogP contribution in [-0.2, 0) is 4.79 Å². The second-order valence-electron chi connectivity index (χ2n) is 5.20. The SMILES string of the molecule is C[C@@H](NCC(=O)NCCNc1ccc([N+](=O)[O-])cc1)c1ccco1. The number of rotatable bonds is 9. The van der Waals surface area contributed by atoms with Gasteiger partial charge >= 0.3 is 0 Å². The molecule has 1 aromatic carbocycles. The van der Waals surface area contributed by atoms with Gasteiger partial charge in [-0.3, -0.25) is 20.2 Å². The number of nitro groups is 1. The molecule has 8 heteroatoms. The Balaban J connectivity index is 1.61. The van der Waals surface area contributed by atoms with E-state index >= 15 is 0 Å². The number of carbonyl (C=O) groups excluding carboxylic acids is 1. The summed E-state index contributed by atoms with van der Waals surface area (Å²) >= 11 is 0. The number of hydrogen-bond acceptors (Lipinski definition) is 6. The smallest absolute Gasteiger partial charge is 0.269 e. The Kier molecular flexibility index (Phi) is 6.32. The quantitative estimate of drug-likeness (QED) is 0.368. The molecule has 0 fully saturated rings. The highest BCUT2D eigenvalue weighted by atomic mass is 16.6. The predicted molar refractivity (Wildman–Crippen MR) is 89.7 cm³/mol. The van der Waals surface area contributed by atoms with E-state index in [1.807, 2.05) is 13.0 Å². The van der Waals surface area contributed by atoms with Gasteiger partial charge in [0.15, 0.2) is 0 Å². The van der Waals surface area contributed by atoms with Crippen molar-refractivity contribution in [1.29, 1.82) is 0 Å². The van der Waals surface area contributed by atoms with Crippen molar-refractivity contribution in [1.82, 2.24) is 10.6 Å². The maximum Gasteiger partial charge on any atom is 0.269 e. The molecule has 0 aliphatic carbocycles. The van der Waals surface area contributed by atoms with E-state index in [-0.39, 0.29) is 24.2 Å². The fourth-order valence-electron chi connectivity index (χ4n) is 2.06. The summed E-state index contributed by atoms with van der Waals surface area (Å²) in [4.78, 5) is 21.9. The largest absolute Gasteiger partial charge is 0.468 e. The lowest BCUT2D eigenvalue weighted by atomic mass is 10.2. The van der Waals surface area contributed by atoms with Crippen molar-refractivity contribution in [3.63, 3.8) is 0 Å². The highest BCUT2D eigenvalue weighted by Gasteiger charge is 2.09. The molecule has 3 N–H and O–H groups in total. The minimum absolute atomic E-state index is 0.0380. The first-order valence-corrected chi connectivity index (χ1v) is 7.58. The van der Waals surface area contributed by atoms with E-state index in [0.717, 1.165) is 11.4 Å². The summed E-state index contributed by atoms with van der Waals surface area (Å²) in [6.45, 7) is 3.09. The molecule has 2 aromatic rings. The van der Waals surface area contributed by atoms with Crippen molar-refractivity contribution in [2.24, 2.45) is 0 Å². The standard InChI is InChI=1S/C16H20N4O4/c1-12(15-3-2-10-24-15)19-11-16(21)18-9-8-17-13-4-6-14(7-5-13)20(22)23/h2-7,10,12,17,19H,8-9,11H2,1H3,(H,18,21)/t12-/m1/s1. The Labute approximate surface area is 139 Å². The van der Waals surface area contributed by atoms with Gasteiger partial charge in [0.25, 0.3) is 5.69 Å². The third-order valence-electron chi connectivity index (χ3n) is 3.39. The van der Waals surface area contributed by atoms with Gasteiger partial charge in [-0.15, -0.1) is 0 Å². The molecular formula is C16H20N4O4. The number of nitrogens with zero attached hydrogens (tertiary/aromatic N) is 1. The summed E-state index contributed by atoms with van der Waals surface area (Å²) < 4.78 is 5.25. The molecule has 0 saturated heterocycles. The summed E-state index contributed by atoms with van der Waals surface area (Å²) in [5.41, 5.74) is 0.810. The fraction of sp³-hybridized carbons (Fsp3) is 0.312. The van der Waals surface area contributed by atoms with Crippen LogP contribution in [0.2, 0.25) is 0 Å². The fourth-order valence-corrected chi connectivity index (χ4v) is 2.06. The van der Waals surface area contributed by atoms with Crippen molar-refractivity contribution >= 4 is 17.3 Å². The lowest BCUT2D eigenvalue weighted by Gasteiger charge is -2.12. The van der Waals surface area contributed by atoms with Crippen LogP contribution in [0.4, 0.5) is 11.4 Å². The van der Waals surface area contributed by atoms with Crippen LogP contribution in [0.5, 0.6) is 0 Å². The zero-order valence-electron chi connectivity index (χ0n) is 13.3. The Bertz CT molecular complexity index is 655. The Morgan fingerprint density at radius 3 is 2.62 bits per heavy atom. The maximum absolute atomic E-state index is 11.7. The summed E-state index contributed by atoms with van der Waals surface area (Å²) in [6.07, 6.45) is 1.59. The van der Waals surface area contributed by atoms with Gasteiger partial charge < -0.3 is 15.1 Å². The minimum atomic E-state index is -0.444. The summed E-state index contributed by atoms with van der Waals surface area (Å²) in [7, 11) is 0. The predicted octanol–water partition coefficient (Wildman–Crippen LogP) is 2.07. The van der Waals surface area contributed by atoms with Crippen molar-refractivity contribution in [3.8, 4) is 0 Å². The Hall–Kier alpha value is -2.87. The van der Waals surface area contributed by atoms with E-state index < -0.39 is 4.92 Å². The highest BCUT2D eigenvalue weighted by Crippen LogP contribution is 2.15.